The molecule has 1 amide bonds. The average molecular weight is 253 g/mol. The Bertz CT molecular complexity index is 341. The van der Waals surface area contributed by atoms with Crippen molar-refractivity contribution in [2.45, 2.75) is 18.8 Å². The largest absolute Gasteiger partial charge is 0.375 e. The van der Waals surface area contributed by atoms with Crippen LogP contribution in [0.25, 0.3) is 0 Å². The molecule has 0 radical (unpaired) electrons. The van der Waals surface area contributed by atoms with Crippen LogP contribution in [0.2, 0.25) is 0 Å². The van der Waals surface area contributed by atoms with Gasteiger partial charge in [-0.05, 0) is 12.5 Å². The number of likely N-dealkylation sites (N-methyl/N-ethyl adjacent to an activating group) is 1. The van der Waals surface area contributed by atoms with Crippen molar-refractivity contribution in [2.24, 2.45) is 0 Å². The quantitative estimate of drug-likeness (QED) is 0.620. The summed E-state index contributed by atoms with van der Waals surface area (Å²) in [5, 5.41) is -0.255. The molecular formula is C13H19NO2S. The molecule has 0 N–H and O–H groups in total. The zero-order valence-electron chi connectivity index (χ0n) is 10.3. The van der Waals surface area contributed by atoms with Crippen molar-refractivity contribution in [3.05, 3.63) is 35.9 Å². The summed E-state index contributed by atoms with van der Waals surface area (Å²) in [7, 11) is 1.76. The number of rotatable bonds is 6. The molecule has 3 nitrogen and oxygen atoms in total. The highest BCUT2D eigenvalue weighted by Gasteiger charge is 2.12. The molecule has 94 valence electrons. The van der Waals surface area contributed by atoms with E-state index in [4.69, 9.17) is 4.74 Å². The standard InChI is InChI=1S/C13H19NO2S/c1-11(17)13(15)14(2)8-9-16-10-12-6-4-3-5-7-12/h3-7,11,17H,8-10H2,1-2H3. The molecule has 0 aliphatic carbocycles. The Hall–Kier alpha value is -1.00. The highest BCUT2D eigenvalue weighted by Crippen LogP contribution is 2.01. The topological polar surface area (TPSA) is 29.5 Å². The van der Waals surface area contributed by atoms with Gasteiger partial charge >= 0.3 is 0 Å². The van der Waals surface area contributed by atoms with Crippen molar-refractivity contribution in [2.75, 3.05) is 20.2 Å². The Morgan fingerprint density at radius 2 is 2.06 bits per heavy atom. The van der Waals surface area contributed by atoms with Crippen LogP contribution in [0.15, 0.2) is 30.3 Å². The Balaban J connectivity index is 2.18. The van der Waals surface area contributed by atoms with Crippen molar-refractivity contribution in [1.29, 1.82) is 0 Å². The summed E-state index contributed by atoms with van der Waals surface area (Å²) < 4.78 is 5.50. The van der Waals surface area contributed by atoms with Gasteiger partial charge in [0.1, 0.15) is 0 Å². The van der Waals surface area contributed by atoms with Gasteiger partial charge in [-0.15, -0.1) is 0 Å². The summed E-state index contributed by atoms with van der Waals surface area (Å²) in [6, 6.07) is 9.98. The van der Waals surface area contributed by atoms with Gasteiger partial charge in [-0.2, -0.15) is 12.6 Å². The molecule has 1 atom stereocenters. The van der Waals surface area contributed by atoms with Gasteiger partial charge in [0.05, 0.1) is 18.5 Å². The summed E-state index contributed by atoms with van der Waals surface area (Å²) >= 11 is 4.10. The zero-order chi connectivity index (χ0) is 12.7. The van der Waals surface area contributed by atoms with Gasteiger partial charge in [0.25, 0.3) is 0 Å². The first-order valence-corrected chi connectivity index (χ1v) is 6.17. The number of carbonyl (C=O) groups is 1. The number of nitrogens with zero attached hydrogens (tertiary/aromatic N) is 1. The van der Waals surface area contributed by atoms with Crippen molar-refractivity contribution < 1.29 is 9.53 Å². The minimum Gasteiger partial charge on any atom is -0.375 e. The minimum absolute atomic E-state index is 0.0247. The number of hydrogen-bond donors (Lipinski definition) is 1. The molecule has 1 aromatic rings. The molecule has 0 fully saturated rings. The second-order valence-corrected chi connectivity index (χ2v) is 4.75. The van der Waals surface area contributed by atoms with E-state index in [0.717, 1.165) is 5.56 Å². The molecule has 0 spiro atoms. The monoisotopic (exact) mass is 253 g/mol. The highest BCUT2D eigenvalue weighted by molar-refractivity contribution is 7.81. The van der Waals surface area contributed by atoms with Crippen LogP contribution in [0.1, 0.15) is 12.5 Å². The SMILES string of the molecule is CC(S)C(=O)N(C)CCOCc1ccccc1. The third-order valence-corrected chi connectivity index (χ3v) is 2.64. The molecule has 1 unspecified atom stereocenters. The lowest BCUT2D eigenvalue weighted by atomic mass is 10.2. The third kappa shape index (κ3) is 5.24. The Kier molecular flexibility index (Phi) is 6.08. The van der Waals surface area contributed by atoms with E-state index in [-0.39, 0.29) is 11.2 Å². The Labute approximate surface area is 108 Å². The average Bonchev–Trinajstić information content (AvgIpc) is 2.34. The molecule has 0 bridgehead atoms. The molecule has 4 heteroatoms. The lowest BCUT2D eigenvalue weighted by Gasteiger charge is -2.18. The summed E-state index contributed by atoms with van der Waals surface area (Å²) in [5.74, 6) is 0.0247. The zero-order valence-corrected chi connectivity index (χ0v) is 11.2. The maximum absolute atomic E-state index is 11.5. The van der Waals surface area contributed by atoms with E-state index in [2.05, 4.69) is 12.6 Å². The molecule has 1 rings (SSSR count). The predicted octanol–water partition coefficient (Wildman–Crippen LogP) is 1.98. The van der Waals surface area contributed by atoms with E-state index in [9.17, 15) is 4.79 Å². The van der Waals surface area contributed by atoms with Crippen LogP contribution < -0.4 is 0 Å². The summed E-state index contributed by atoms with van der Waals surface area (Å²) in [5.41, 5.74) is 1.14. The number of amides is 1. The van der Waals surface area contributed by atoms with Gasteiger partial charge in [0.2, 0.25) is 5.91 Å². The smallest absolute Gasteiger partial charge is 0.234 e. The molecule has 0 aromatic heterocycles. The van der Waals surface area contributed by atoms with E-state index in [1.807, 2.05) is 30.3 Å². The van der Waals surface area contributed by atoms with E-state index in [1.165, 1.54) is 0 Å². The van der Waals surface area contributed by atoms with Crippen molar-refractivity contribution in [1.82, 2.24) is 4.90 Å². The molecule has 0 heterocycles. The summed E-state index contributed by atoms with van der Waals surface area (Å²) in [6.45, 7) is 3.49. The van der Waals surface area contributed by atoms with E-state index in [1.54, 1.807) is 18.9 Å². The van der Waals surface area contributed by atoms with Crippen LogP contribution in [-0.4, -0.2) is 36.3 Å². The fourth-order valence-electron chi connectivity index (χ4n) is 1.39. The maximum Gasteiger partial charge on any atom is 0.234 e. The first kappa shape index (κ1) is 14.1. The Morgan fingerprint density at radius 3 is 2.65 bits per heavy atom. The Morgan fingerprint density at radius 1 is 1.41 bits per heavy atom. The van der Waals surface area contributed by atoms with Gasteiger partial charge in [-0.3, -0.25) is 4.79 Å². The van der Waals surface area contributed by atoms with Crippen LogP contribution >= 0.6 is 12.6 Å². The molecular weight excluding hydrogens is 234 g/mol. The normalized spacial score (nSPS) is 12.2. The van der Waals surface area contributed by atoms with E-state index >= 15 is 0 Å². The first-order chi connectivity index (χ1) is 8.11. The van der Waals surface area contributed by atoms with Gasteiger partial charge in [-0.25, -0.2) is 0 Å². The van der Waals surface area contributed by atoms with E-state index < -0.39 is 0 Å². The van der Waals surface area contributed by atoms with Crippen LogP contribution in [0.3, 0.4) is 0 Å². The second-order valence-electron chi connectivity index (χ2n) is 3.97. The number of carbonyl (C=O) groups excluding carboxylic acids is 1. The van der Waals surface area contributed by atoms with Gasteiger partial charge in [-0.1, -0.05) is 30.3 Å². The van der Waals surface area contributed by atoms with Crippen molar-refractivity contribution >= 4 is 18.5 Å². The first-order valence-electron chi connectivity index (χ1n) is 5.66. The summed E-state index contributed by atoms with van der Waals surface area (Å²) in [6.07, 6.45) is 0. The van der Waals surface area contributed by atoms with Crippen LogP contribution in [0.5, 0.6) is 0 Å². The molecule has 0 aliphatic heterocycles. The number of ether oxygens (including phenoxy) is 1. The predicted molar refractivity (Wildman–Crippen MR) is 72.2 cm³/mol. The van der Waals surface area contributed by atoms with Crippen molar-refractivity contribution in [3.63, 3.8) is 0 Å². The lowest BCUT2D eigenvalue weighted by Crippen LogP contribution is -2.34. The summed E-state index contributed by atoms with van der Waals surface area (Å²) in [4.78, 5) is 13.1. The number of benzene rings is 1. The van der Waals surface area contributed by atoms with Crippen LogP contribution in [0.4, 0.5) is 0 Å². The second kappa shape index (κ2) is 7.35. The van der Waals surface area contributed by atoms with Crippen LogP contribution in [0, 0.1) is 0 Å². The maximum atomic E-state index is 11.5. The fraction of sp³-hybridized carbons (Fsp3) is 0.462. The highest BCUT2D eigenvalue weighted by atomic mass is 32.1. The third-order valence-electron chi connectivity index (χ3n) is 2.42. The molecule has 17 heavy (non-hydrogen) atoms. The number of thiol groups is 1. The van der Waals surface area contributed by atoms with E-state index in [0.29, 0.717) is 19.8 Å². The number of hydrogen-bond acceptors (Lipinski definition) is 3. The molecule has 0 aliphatic rings. The lowest BCUT2D eigenvalue weighted by molar-refractivity contribution is -0.129. The minimum atomic E-state index is -0.255. The molecule has 1 aromatic carbocycles. The molecule has 0 saturated carbocycles. The van der Waals surface area contributed by atoms with Gasteiger partial charge in [0, 0.05) is 13.6 Å². The molecule has 0 saturated heterocycles. The van der Waals surface area contributed by atoms with Crippen LogP contribution in [-0.2, 0) is 16.1 Å². The van der Waals surface area contributed by atoms with Gasteiger partial charge in [0.15, 0.2) is 0 Å². The fourth-order valence-corrected chi connectivity index (χ4v) is 1.59. The van der Waals surface area contributed by atoms with Crippen molar-refractivity contribution in [3.8, 4) is 0 Å². The van der Waals surface area contributed by atoms with Gasteiger partial charge < -0.3 is 9.64 Å².